The molecule has 0 radical (unpaired) electrons. The summed E-state index contributed by atoms with van der Waals surface area (Å²) in [5, 5.41) is 2.20. The van der Waals surface area contributed by atoms with Crippen molar-refractivity contribution >= 4 is 23.8 Å². The second-order valence-corrected chi connectivity index (χ2v) is 8.63. The Labute approximate surface area is 160 Å². The van der Waals surface area contributed by atoms with Gasteiger partial charge in [0.1, 0.15) is 13.1 Å². The number of urea groups is 1. The van der Waals surface area contributed by atoms with Crippen LogP contribution in [0.2, 0.25) is 0 Å². The van der Waals surface area contributed by atoms with Crippen molar-refractivity contribution in [3.8, 4) is 0 Å². The number of likely N-dealkylation sites (tertiary alicyclic amines) is 2. The lowest BCUT2D eigenvalue weighted by atomic mass is 9.73. The van der Waals surface area contributed by atoms with Gasteiger partial charge in [0.15, 0.2) is 0 Å². The maximum absolute atomic E-state index is 12.7. The van der Waals surface area contributed by atoms with E-state index in [0.29, 0.717) is 32.0 Å². The lowest BCUT2D eigenvalue weighted by Gasteiger charge is -2.48. The number of hydrogen-bond donors (Lipinski definition) is 1. The van der Waals surface area contributed by atoms with Crippen LogP contribution in [0.1, 0.15) is 46.0 Å². The van der Waals surface area contributed by atoms with E-state index in [4.69, 9.17) is 0 Å². The van der Waals surface area contributed by atoms with Crippen LogP contribution in [-0.4, -0.2) is 77.7 Å². The summed E-state index contributed by atoms with van der Waals surface area (Å²) >= 11 is 0. The van der Waals surface area contributed by atoms with Crippen molar-refractivity contribution in [3.05, 3.63) is 0 Å². The van der Waals surface area contributed by atoms with E-state index >= 15 is 0 Å². The third kappa shape index (κ3) is 4.59. The minimum absolute atomic E-state index is 0.0398. The maximum Gasteiger partial charge on any atom is 0.325 e. The van der Waals surface area contributed by atoms with Crippen LogP contribution in [0.3, 0.4) is 0 Å². The molecule has 0 saturated carbocycles. The fourth-order valence-electron chi connectivity index (χ4n) is 4.35. The second kappa shape index (κ2) is 7.86. The molecule has 1 atom stereocenters. The summed E-state index contributed by atoms with van der Waals surface area (Å²) in [5.41, 5.74) is -0.0398. The van der Waals surface area contributed by atoms with Gasteiger partial charge >= 0.3 is 6.03 Å². The lowest BCUT2D eigenvalue weighted by molar-refractivity contribution is -0.143. The third-order valence-electron chi connectivity index (χ3n) is 5.93. The highest BCUT2D eigenvalue weighted by Crippen LogP contribution is 2.39. The van der Waals surface area contributed by atoms with E-state index in [-0.39, 0.29) is 36.2 Å². The van der Waals surface area contributed by atoms with Gasteiger partial charge in [0.05, 0.1) is 0 Å². The first-order valence-corrected chi connectivity index (χ1v) is 9.92. The van der Waals surface area contributed by atoms with E-state index in [0.717, 1.165) is 32.2 Å². The molecule has 150 valence electrons. The zero-order chi connectivity index (χ0) is 19.6. The standard InChI is InChI=1S/C19H30N4O4/c1-14(2)5-9-22-13-19(7-4-16(22)25)6-3-8-21(12-19)17(26)11-23-10-15(24)20-18(23)27/h14H,3-13H2,1-2H3,(H,20,24,27)/t19-/m0/s1. The van der Waals surface area contributed by atoms with Crippen molar-refractivity contribution in [2.45, 2.75) is 46.0 Å². The van der Waals surface area contributed by atoms with Crippen LogP contribution in [0.5, 0.6) is 0 Å². The van der Waals surface area contributed by atoms with Gasteiger partial charge in [0, 0.05) is 38.0 Å². The molecular weight excluding hydrogens is 348 g/mol. The Hall–Kier alpha value is -2.12. The van der Waals surface area contributed by atoms with E-state index < -0.39 is 6.03 Å². The summed E-state index contributed by atoms with van der Waals surface area (Å²) in [5.74, 6) is 0.283. The summed E-state index contributed by atoms with van der Waals surface area (Å²) in [6.45, 7) is 6.98. The van der Waals surface area contributed by atoms with Crippen LogP contribution in [0.15, 0.2) is 0 Å². The van der Waals surface area contributed by atoms with Crippen molar-refractivity contribution in [2.24, 2.45) is 11.3 Å². The van der Waals surface area contributed by atoms with E-state index in [1.165, 1.54) is 4.90 Å². The van der Waals surface area contributed by atoms with Gasteiger partial charge < -0.3 is 14.7 Å². The third-order valence-corrected chi connectivity index (χ3v) is 5.93. The molecule has 0 bridgehead atoms. The molecule has 8 heteroatoms. The van der Waals surface area contributed by atoms with Gasteiger partial charge in [-0.15, -0.1) is 0 Å². The normalized spacial score (nSPS) is 26.3. The first-order chi connectivity index (χ1) is 12.8. The molecular formula is C19H30N4O4. The molecule has 0 aliphatic carbocycles. The average Bonchev–Trinajstić information content (AvgIpc) is 2.93. The van der Waals surface area contributed by atoms with Gasteiger partial charge in [0.25, 0.3) is 0 Å². The van der Waals surface area contributed by atoms with Crippen LogP contribution in [-0.2, 0) is 14.4 Å². The molecule has 27 heavy (non-hydrogen) atoms. The molecule has 3 rings (SSSR count). The fraction of sp³-hybridized carbons (Fsp3) is 0.789. The largest absolute Gasteiger partial charge is 0.342 e. The first-order valence-electron chi connectivity index (χ1n) is 9.92. The Balaban J connectivity index is 1.60. The Bertz CT molecular complexity index is 635. The van der Waals surface area contributed by atoms with E-state index in [1.54, 1.807) is 0 Å². The highest BCUT2D eigenvalue weighted by Gasteiger charge is 2.43. The van der Waals surface area contributed by atoms with Crippen molar-refractivity contribution in [1.29, 1.82) is 0 Å². The lowest BCUT2D eigenvalue weighted by Crippen LogP contribution is -2.56. The molecule has 3 saturated heterocycles. The zero-order valence-corrected chi connectivity index (χ0v) is 16.3. The van der Waals surface area contributed by atoms with E-state index in [2.05, 4.69) is 19.2 Å². The Morgan fingerprint density at radius 3 is 2.59 bits per heavy atom. The number of rotatable bonds is 5. The van der Waals surface area contributed by atoms with Gasteiger partial charge in [-0.05, 0) is 31.6 Å². The molecule has 8 nitrogen and oxygen atoms in total. The highest BCUT2D eigenvalue weighted by atomic mass is 16.2. The number of imide groups is 1. The average molecular weight is 378 g/mol. The predicted octanol–water partition coefficient (Wildman–Crippen LogP) is 0.816. The van der Waals surface area contributed by atoms with Crippen molar-refractivity contribution in [1.82, 2.24) is 20.0 Å². The highest BCUT2D eigenvalue weighted by molar-refractivity contribution is 6.03. The van der Waals surface area contributed by atoms with Gasteiger partial charge in [-0.1, -0.05) is 13.8 Å². The van der Waals surface area contributed by atoms with Gasteiger partial charge in [-0.3, -0.25) is 19.7 Å². The molecule has 3 heterocycles. The number of carbonyl (C=O) groups is 4. The molecule has 1 N–H and O–H groups in total. The van der Waals surface area contributed by atoms with Crippen LogP contribution in [0.25, 0.3) is 0 Å². The quantitative estimate of drug-likeness (QED) is 0.717. The molecule has 3 aliphatic heterocycles. The maximum atomic E-state index is 12.7. The van der Waals surface area contributed by atoms with Gasteiger partial charge in [0.2, 0.25) is 17.7 Å². The summed E-state index contributed by atoms with van der Waals surface area (Å²) in [7, 11) is 0. The van der Waals surface area contributed by atoms with Gasteiger partial charge in [-0.25, -0.2) is 4.79 Å². The van der Waals surface area contributed by atoms with Crippen molar-refractivity contribution < 1.29 is 19.2 Å². The topological polar surface area (TPSA) is 90.0 Å². The SMILES string of the molecule is CC(C)CCN1C[C@@]2(CCCN(C(=O)CN3CC(=O)NC3=O)C2)CCC1=O. The second-order valence-electron chi connectivity index (χ2n) is 8.63. The van der Waals surface area contributed by atoms with Crippen LogP contribution in [0, 0.1) is 11.3 Å². The molecule has 0 aromatic carbocycles. The molecule has 0 aromatic rings. The van der Waals surface area contributed by atoms with Gasteiger partial charge in [-0.2, -0.15) is 0 Å². The minimum atomic E-state index is -0.497. The smallest absolute Gasteiger partial charge is 0.325 e. The van der Waals surface area contributed by atoms with Crippen molar-refractivity contribution in [3.63, 3.8) is 0 Å². The van der Waals surface area contributed by atoms with Crippen LogP contribution < -0.4 is 5.32 Å². The number of carbonyl (C=O) groups excluding carboxylic acids is 4. The Kier molecular flexibility index (Phi) is 5.72. The molecule has 0 aromatic heterocycles. The number of hydrogen-bond acceptors (Lipinski definition) is 4. The Morgan fingerprint density at radius 1 is 1.15 bits per heavy atom. The number of nitrogens with one attached hydrogen (secondary N) is 1. The molecule has 5 amide bonds. The Morgan fingerprint density at radius 2 is 1.93 bits per heavy atom. The molecule has 0 unspecified atom stereocenters. The monoisotopic (exact) mass is 378 g/mol. The molecule has 1 spiro atoms. The van der Waals surface area contributed by atoms with Crippen LogP contribution in [0.4, 0.5) is 4.79 Å². The summed E-state index contributed by atoms with van der Waals surface area (Å²) < 4.78 is 0. The fourth-order valence-corrected chi connectivity index (χ4v) is 4.35. The number of piperidine rings is 2. The summed E-state index contributed by atoms with van der Waals surface area (Å²) in [6, 6.07) is -0.497. The minimum Gasteiger partial charge on any atom is -0.342 e. The molecule has 3 aliphatic rings. The van der Waals surface area contributed by atoms with E-state index in [9.17, 15) is 19.2 Å². The predicted molar refractivity (Wildman–Crippen MR) is 98.6 cm³/mol. The van der Waals surface area contributed by atoms with Crippen LogP contribution >= 0.6 is 0 Å². The first kappa shape index (κ1) is 19.6. The zero-order valence-electron chi connectivity index (χ0n) is 16.3. The molecule has 3 fully saturated rings. The van der Waals surface area contributed by atoms with E-state index in [1.807, 2.05) is 9.80 Å². The summed E-state index contributed by atoms with van der Waals surface area (Å²) in [4.78, 5) is 53.0. The number of nitrogens with zero attached hydrogens (tertiary/aromatic N) is 3. The number of amides is 5. The van der Waals surface area contributed by atoms with Crippen molar-refractivity contribution in [2.75, 3.05) is 39.3 Å². The summed E-state index contributed by atoms with van der Waals surface area (Å²) in [6.07, 6.45) is 4.27.